The molecule has 0 atom stereocenters. The van der Waals surface area contributed by atoms with E-state index in [9.17, 15) is 4.79 Å². The molecular weight excluding hydrogens is 224 g/mol. The maximum atomic E-state index is 11.1. The molecule has 2 rings (SSSR count). The van der Waals surface area contributed by atoms with Crippen LogP contribution in [0.4, 0.5) is 0 Å². The summed E-state index contributed by atoms with van der Waals surface area (Å²) < 4.78 is 10.2. The standard InChI is InChI=1S/C10H10N4O3/c1-16-7-4-2-3-6(5-7)9-13-14-10(17-9)8(15)12-11/h2-5H,11H2,1H3,(H,12,15). The Morgan fingerprint density at radius 2 is 2.29 bits per heavy atom. The number of hydrazine groups is 1. The van der Waals surface area contributed by atoms with E-state index in [1.165, 1.54) is 0 Å². The number of nitrogens with one attached hydrogen (secondary N) is 1. The molecule has 0 aliphatic rings. The molecule has 88 valence electrons. The number of hydrogen-bond donors (Lipinski definition) is 2. The lowest BCUT2D eigenvalue weighted by atomic mass is 10.2. The molecule has 0 unspecified atom stereocenters. The van der Waals surface area contributed by atoms with Crippen LogP contribution in [0, 0.1) is 0 Å². The third kappa shape index (κ3) is 2.23. The van der Waals surface area contributed by atoms with E-state index in [1.54, 1.807) is 31.4 Å². The van der Waals surface area contributed by atoms with Gasteiger partial charge in [-0.05, 0) is 18.2 Å². The van der Waals surface area contributed by atoms with Crippen molar-refractivity contribution >= 4 is 5.91 Å². The molecule has 0 spiro atoms. The molecule has 2 aromatic rings. The second kappa shape index (κ2) is 4.62. The number of rotatable bonds is 3. The van der Waals surface area contributed by atoms with Crippen LogP contribution in [-0.2, 0) is 0 Å². The van der Waals surface area contributed by atoms with Gasteiger partial charge in [-0.2, -0.15) is 0 Å². The largest absolute Gasteiger partial charge is 0.497 e. The number of nitrogens with zero attached hydrogens (tertiary/aromatic N) is 2. The number of nitrogen functional groups attached to an aromatic ring is 1. The van der Waals surface area contributed by atoms with E-state index in [0.717, 1.165) is 0 Å². The zero-order valence-corrected chi connectivity index (χ0v) is 9.01. The Hall–Kier alpha value is -2.41. The SMILES string of the molecule is COc1cccc(-c2nnc(C(=O)NN)o2)c1. The lowest BCUT2D eigenvalue weighted by Crippen LogP contribution is -2.30. The van der Waals surface area contributed by atoms with Crippen LogP contribution in [0.5, 0.6) is 5.75 Å². The van der Waals surface area contributed by atoms with Gasteiger partial charge in [0, 0.05) is 5.56 Å². The molecule has 7 nitrogen and oxygen atoms in total. The summed E-state index contributed by atoms with van der Waals surface area (Å²) in [5.41, 5.74) is 2.57. The number of aromatic nitrogens is 2. The van der Waals surface area contributed by atoms with E-state index in [1.807, 2.05) is 5.43 Å². The van der Waals surface area contributed by atoms with Gasteiger partial charge in [-0.25, -0.2) is 5.84 Å². The van der Waals surface area contributed by atoms with Crippen LogP contribution in [0.25, 0.3) is 11.5 Å². The number of carbonyl (C=O) groups excluding carboxylic acids is 1. The van der Waals surface area contributed by atoms with Gasteiger partial charge in [-0.15, -0.1) is 10.2 Å². The Balaban J connectivity index is 2.33. The second-order valence-corrected chi connectivity index (χ2v) is 3.12. The van der Waals surface area contributed by atoms with E-state index in [0.29, 0.717) is 11.3 Å². The van der Waals surface area contributed by atoms with E-state index in [4.69, 9.17) is 15.0 Å². The van der Waals surface area contributed by atoms with Gasteiger partial charge in [0.05, 0.1) is 7.11 Å². The number of amides is 1. The molecule has 7 heteroatoms. The van der Waals surface area contributed by atoms with Crippen molar-refractivity contribution in [2.24, 2.45) is 5.84 Å². The molecule has 3 N–H and O–H groups in total. The van der Waals surface area contributed by atoms with E-state index in [-0.39, 0.29) is 11.8 Å². The van der Waals surface area contributed by atoms with Gasteiger partial charge in [-0.1, -0.05) is 6.07 Å². The van der Waals surface area contributed by atoms with Crippen molar-refractivity contribution in [2.75, 3.05) is 7.11 Å². The minimum atomic E-state index is -0.633. The van der Waals surface area contributed by atoms with E-state index < -0.39 is 5.91 Å². The first kappa shape index (κ1) is 11.1. The van der Waals surface area contributed by atoms with Crippen LogP contribution in [0.2, 0.25) is 0 Å². The Kier molecular flexibility index (Phi) is 3.01. The molecule has 0 radical (unpaired) electrons. The van der Waals surface area contributed by atoms with Crippen molar-refractivity contribution in [1.82, 2.24) is 15.6 Å². The summed E-state index contributed by atoms with van der Waals surface area (Å²) in [5, 5.41) is 7.31. The zero-order valence-electron chi connectivity index (χ0n) is 9.01. The fraction of sp³-hybridized carbons (Fsp3) is 0.100. The fourth-order valence-electron chi connectivity index (χ4n) is 1.25. The summed E-state index contributed by atoms with van der Waals surface area (Å²) in [6, 6.07) is 7.05. The molecule has 0 fully saturated rings. The minimum absolute atomic E-state index is 0.190. The number of methoxy groups -OCH3 is 1. The van der Waals surface area contributed by atoms with Gasteiger partial charge >= 0.3 is 11.8 Å². The van der Waals surface area contributed by atoms with Crippen molar-refractivity contribution in [1.29, 1.82) is 0 Å². The molecule has 0 aliphatic heterocycles. The highest BCUT2D eigenvalue weighted by molar-refractivity contribution is 5.89. The van der Waals surface area contributed by atoms with Gasteiger partial charge in [0.1, 0.15) is 5.75 Å². The monoisotopic (exact) mass is 234 g/mol. The van der Waals surface area contributed by atoms with Gasteiger partial charge in [0.25, 0.3) is 0 Å². The first-order valence-electron chi connectivity index (χ1n) is 4.73. The number of hydrogen-bond acceptors (Lipinski definition) is 6. The summed E-state index contributed by atoms with van der Waals surface area (Å²) in [6.45, 7) is 0. The third-order valence-electron chi connectivity index (χ3n) is 2.07. The molecular formula is C10H10N4O3. The van der Waals surface area contributed by atoms with Crippen LogP contribution in [0.1, 0.15) is 10.7 Å². The summed E-state index contributed by atoms with van der Waals surface area (Å²) in [5.74, 6) is 5.01. The highest BCUT2D eigenvalue weighted by atomic mass is 16.5. The number of benzene rings is 1. The van der Waals surface area contributed by atoms with Crippen molar-refractivity contribution in [2.45, 2.75) is 0 Å². The maximum Gasteiger partial charge on any atom is 0.322 e. The van der Waals surface area contributed by atoms with Crippen LogP contribution in [0.15, 0.2) is 28.7 Å². The van der Waals surface area contributed by atoms with Gasteiger partial charge < -0.3 is 9.15 Å². The minimum Gasteiger partial charge on any atom is -0.497 e. The molecule has 0 aliphatic carbocycles. The molecule has 1 amide bonds. The third-order valence-corrected chi connectivity index (χ3v) is 2.07. The average molecular weight is 234 g/mol. The Morgan fingerprint density at radius 3 is 3.00 bits per heavy atom. The smallest absolute Gasteiger partial charge is 0.322 e. The highest BCUT2D eigenvalue weighted by Crippen LogP contribution is 2.22. The van der Waals surface area contributed by atoms with Gasteiger partial charge in [-0.3, -0.25) is 10.2 Å². The Bertz CT molecular complexity index is 538. The molecule has 17 heavy (non-hydrogen) atoms. The average Bonchev–Trinajstić information content (AvgIpc) is 2.87. The summed E-state index contributed by atoms with van der Waals surface area (Å²) in [6.07, 6.45) is 0. The van der Waals surface area contributed by atoms with Crippen LogP contribution < -0.4 is 16.0 Å². The topological polar surface area (TPSA) is 103 Å². The fourth-order valence-corrected chi connectivity index (χ4v) is 1.25. The first-order valence-corrected chi connectivity index (χ1v) is 4.73. The summed E-state index contributed by atoms with van der Waals surface area (Å²) in [7, 11) is 1.56. The number of carbonyl (C=O) groups is 1. The Morgan fingerprint density at radius 1 is 1.47 bits per heavy atom. The predicted octanol–water partition coefficient (Wildman–Crippen LogP) is 0.349. The Labute approximate surface area is 96.6 Å². The van der Waals surface area contributed by atoms with Crippen LogP contribution in [-0.4, -0.2) is 23.2 Å². The molecule has 1 aromatic carbocycles. The van der Waals surface area contributed by atoms with E-state index in [2.05, 4.69) is 10.2 Å². The molecule has 0 saturated carbocycles. The van der Waals surface area contributed by atoms with Gasteiger partial charge in [0.2, 0.25) is 5.89 Å². The number of ether oxygens (including phenoxy) is 1. The zero-order chi connectivity index (χ0) is 12.3. The molecule has 1 heterocycles. The van der Waals surface area contributed by atoms with Crippen molar-refractivity contribution in [3.63, 3.8) is 0 Å². The maximum absolute atomic E-state index is 11.1. The first-order chi connectivity index (χ1) is 8.24. The second-order valence-electron chi connectivity index (χ2n) is 3.12. The highest BCUT2D eigenvalue weighted by Gasteiger charge is 2.14. The van der Waals surface area contributed by atoms with Crippen LogP contribution in [0.3, 0.4) is 0 Å². The lowest BCUT2D eigenvalue weighted by molar-refractivity contribution is 0.0919. The van der Waals surface area contributed by atoms with Gasteiger partial charge in [0.15, 0.2) is 0 Å². The quantitative estimate of drug-likeness (QED) is 0.451. The number of nitrogens with two attached hydrogens (primary N) is 1. The summed E-state index contributed by atoms with van der Waals surface area (Å²) in [4.78, 5) is 11.1. The van der Waals surface area contributed by atoms with Crippen molar-refractivity contribution < 1.29 is 13.9 Å². The molecule has 1 aromatic heterocycles. The van der Waals surface area contributed by atoms with E-state index >= 15 is 0 Å². The predicted molar refractivity (Wildman–Crippen MR) is 57.9 cm³/mol. The molecule has 0 bridgehead atoms. The molecule has 0 saturated heterocycles. The summed E-state index contributed by atoms with van der Waals surface area (Å²) >= 11 is 0. The van der Waals surface area contributed by atoms with Crippen molar-refractivity contribution in [3.8, 4) is 17.2 Å². The normalized spacial score (nSPS) is 10.0. The van der Waals surface area contributed by atoms with Crippen LogP contribution >= 0.6 is 0 Å². The van der Waals surface area contributed by atoms with Crippen molar-refractivity contribution in [3.05, 3.63) is 30.2 Å². The lowest BCUT2D eigenvalue weighted by Gasteiger charge is -1.99.